The number of nitrogens with zero attached hydrogens (tertiary/aromatic N) is 3. The van der Waals surface area contributed by atoms with Gasteiger partial charge < -0.3 is 14.7 Å². The van der Waals surface area contributed by atoms with Gasteiger partial charge in [0.25, 0.3) is 5.89 Å². The van der Waals surface area contributed by atoms with E-state index < -0.39 is 0 Å². The highest BCUT2D eigenvalue weighted by Gasteiger charge is 2.13. The highest BCUT2D eigenvalue weighted by molar-refractivity contribution is 6.30. The molecule has 2 aromatic rings. The van der Waals surface area contributed by atoms with Crippen LogP contribution >= 0.6 is 11.6 Å². The highest BCUT2D eigenvalue weighted by atomic mass is 35.5. The largest absolute Gasteiger partial charge is 0.336 e. The number of aromatic nitrogens is 2. The van der Waals surface area contributed by atoms with Crippen molar-refractivity contribution in [2.24, 2.45) is 0 Å². The van der Waals surface area contributed by atoms with Crippen molar-refractivity contribution in [3.63, 3.8) is 0 Å². The maximum absolute atomic E-state index is 11.9. The standard InChI is InChI=1S/C16H21ClN4O2/c1-4-11(2)18-16(22)21(3)10-9-14-19-15(23-20-14)12-5-7-13(17)8-6-12/h5-8,11H,4,9-10H2,1-3H3,(H,18,22)/t11-/m1/s1. The van der Waals surface area contributed by atoms with E-state index >= 15 is 0 Å². The third-order valence-electron chi connectivity index (χ3n) is 3.56. The summed E-state index contributed by atoms with van der Waals surface area (Å²) in [6, 6.07) is 7.26. The maximum Gasteiger partial charge on any atom is 0.317 e. The lowest BCUT2D eigenvalue weighted by molar-refractivity contribution is 0.205. The molecule has 23 heavy (non-hydrogen) atoms. The fraction of sp³-hybridized carbons (Fsp3) is 0.438. The van der Waals surface area contributed by atoms with Gasteiger partial charge in [0.05, 0.1) is 0 Å². The fourth-order valence-electron chi connectivity index (χ4n) is 1.86. The predicted octanol–water partition coefficient (Wildman–Crippen LogP) is 3.37. The Morgan fingerprint density at radius 1 is 1.39 bits per heavy atom. The van der Waals surface area contributed by atoms with Crippen LogP contribution in [0, 0.1) is 0 Å². The number of hydrogen-bond donors (Lipinski definition) is 1. The van der Waals surface area contributed by atoms with Gasteiger partial charge in [0.15, 0.2) is 5.82 Å². The van der Waals surface area contributed by atoms with E-state index in [1.54, 1.807) is 24.1 Å². The molecule has 0 radical (unpaired) electrons. The Balaban J connectivity index is 1.89. The molecule has 124 valence electrons. The molecule has 0 aliphatic rings. The van der Waals surface area contributed by atoms with Gasteiger partial charge in [-0.1, -0.05) is 23.7 Å². The van der Waals surface area contributed by atoms with Crippen LogP contribution in [0.3, 0.4) is 0 Å². The molecule has 0 spiro atoms. The van der Waals surface area contributed by atoms with Crippen LogP contribution in [-0.2, 0) is 6.42 Å². The van der Waals surface area contributed by atoms with Gasteiger partial charge in [-0.25, -0.2) is 4.79 Å². The first-order chi connectivity index (χ1) is 11.0. The lowest BCUT2D eigenvalue weighted by atomic mass is 10.2. The van der Waals surface area contributed by atoms with Gasteiger partial charge in [-0.15, -0.1) is 0 Å². The lowest BCUT2D eigenvalue weighted by Crippen LogP contribution is -2.42. The molecule has 1 N–H and O–H groups in total. The first-order valence-corrected chi connectivity index (χ1v) is 7.97. The average molecular weight is 337 g/mol. The van der Waals surface area contributed by atoms with Crippen molar-refractivity contribution >= 4 is 17.6 Å². The SMILES string of the molecule is CC[C@@H](C)NC(=O)N(C)CCc1noc(-c2ccc(Cl)cc2)n1. The number of carbonyl (C=O) groups excluding carboxylic acids is 1. The first-order valence-electron chi connectivity index (χ1n) is 7.59. The van der Waals surface area contributed by atoms with Gasteiger partial charge in [-0.2, -0.15) is 4.98 Å². The van der Waals surface area contributed by atoms with Crippen molar-refractivity contribution in [2.45, 2.75) is 32.7 Å². The van der Waals surface area contributed by atoms with E-state index in [4.69, 9.17) is 16.1 Å². The van der Waals surface area contributed by atoms with Crippen LogP contribution in [0.4, 0.5) is 4.79 Å². The topological polar surface area (TPSA) is 71.3 Å². The van der Waals surface area contributed by atoms with Crippen molar-refractivity contribution in [1.29, 1.82) is 0 Å². The number of amides is 2. The molecule has 1 heterocycles. The normalized spacial score (nSPS) is 12.0. The number of likely N-dealkylation sites (N-methyl/N-ethyl adjacent to an activating group) is 1. The molecule has 1 aromatic heterocycles. The molecule has 1 aromatic carbocycles. The molecule has 0 saturated heterocycles. The lowest BCUT2D eigenvalue weighted by Gasteiger charge is -2.20. The molecule has 0 fully saturated rings. The number of benzene rings is 1. The Kier molecular flexibility index (Phi) is 5.98. The zero-order valence-corrected chi connectivity index (χ0v) is 14.3. The molecule has 0 aliphatic carbocycles. The molecule has 0 aliphatic heterocycles. The van der Waals surface area contributed by atoms with E-state index in [-0.39, 0.29) is 12.1 Å². The predicted molar refractivity (Wildman–Crippen MR) is 89.4 cm³/mol. The third-order valence-corrected chi connectivity index (χ3v) is 3.81. The number of halogens is 1. The van der Waals surface area contributed by atoms with E-state index in [1.165, 1.54) is 0 Å². The molecule has 6 nitrogen and oxygen atoms in total. The Labute approximate surface area is 140 Å². The number of carbonyl (C=O) groups is 1. The summed E-state index contributed by atoms with van der Waals surface area (Å²) in [7, 11) is 1.75. The van der Waals surface area contributed by atoms with Gasteiger partial charge in [0, 0.05) is 36.6 Å². The van der Waals surface area contributed by atoms with Crippen LogP contribution in [0.5, 0.6) is 0 Å². The molecular weight excluding hydrogens is 316 g/mol. The molecule has 0 saturated carbocycles. The van der Waals surface area contributed by atoms with Crippen LogP contribution in [-0.4, -0.2) is 40.7 Å². The average Bonchev–Trinajstić information content (AvgIpc) is 3.02. The second-order valence-corrected chi connectivity index (χ2v) is 5.89. The highest BCUT2D eigenvalue weighted by Crippen LogP contribution is 2.19. The Morgan fingerprint density at radius 3 is 2.74 bits per heavy atom. The summed E-state index contributed by atoms with van der Waals surface area (Å²) in [6.07, 6.45) is 1.43. The zero-order valence-electron chi connectivity index (χ0n) is 13.5. The van der Waals surface area contributed by atoms with Gasteiger partial charge in [-0.05, 0) is 37.6 Å². The summed E-state index contributed by atoms with van der Waals surface area (Å²) >= 11 is 5.85. The number of hydrogen-bond acceptors (Lipinski definition) is 4. The minimum absolute atomic E-state index is 0.0965. The van der Waals surface area contributed by atoms with Crippen molar-refractivity contribution in [2.75, 3.05) is 13.6 Å². The minimum atomic E-state index is -0.0965. The van der Waals surface area contributed by atoms with Crippen molar-refractivity contribution in [1.82, 2.24) is 20.4 Å². The summed E-state index contributed by atoms with van der Waals surface area (Å²) in [4.78, 5) is 17.9. The molecule has 2 amide bonds. The second-order valence-electron chi connectivity index (χ2n) is 5.45. The van der Waals surface area contributed by atoms with Crippen LogP contribution in [0.25, 0.3) is 11.5 Å². The summed E-state index contributed by atoms with van der Waals surface area (Å²) in [5, 5.41) is 7.51. The van der Waals surface area contributed by atoms with Crippen LogP contribution in [0.1, 0.15) is 26.1 Å². The van der Waals surface area contributed by atoms with E-state index in [1.807, 2.05) is 26.0 Å². The van der Waals surface area contributed by atoms with Gasteiger partial charge in [0.1, 0.15) is 0 Å². The molecule has 1 atom stereocenters. The van der Waals surface area contributed by atoms with Crippen LogP contribution in [0.2, 0.25) is 5.02 Å². The van der Waals surface area contributed by atoms with Gasteiger partial charge in [-0.3, -0.25) is 0 Å². The Hall–Kier alpha value is -2.08. The third kappa shape index (κ3) is 4.96. The Morgan fingerprint density at radius 2 is 2.09 bits per heavy atom. The van der Waals surface area contributed by atoms with E-state index in [0.717, 1.165) is 12.0 Å². The van der Waals surface area contributed by atoms with E-state index in [2.05, 4.69) is 15.5 Å². The number of nitrogens with one attached hydrogen (secondary N) is 1. The number of urea groups is 1. The summed E-state index contributed by atoms with van der Waals surface area (Å²) < 4.78 is 5.24. The van der Waals surface area contributed by atoms with Gasteiger partial charge in [0.2, 0.25) is 0 Å². The van der Waals surface area contributed by atoms with Crippen LogP contribution < -0.4 is 5.32 Å². The maximum atomic E-state index is 11.9. The molecule has 0 unspecified atom stereocenters. The van der Waals surface area contributed by atoms with Gasteiger partial charge >= 0.3 is 6.03 Å². The molecule has 0 bridgehead atoms. The van der Waals surface area contributed by atoms with Crippen LogP contribution in [0.15, 0.2) is 28.8 Å². The first kappa shape index (κ1) is 17.3. The number of rotatable bonds is 6. The van der Waals surface area contributed by atoms with Crippen molar-refractivity contribution in [3.05, 3.63) is 35.1 Å². The smallest absolute Gasteiger partial charge is 0.317 e. The zero-order chi connectivity index (χ0) is 16.8. The Bertz CT molecular complexity index is 642. The summed E-state index contributed by atoms with van der Waals surface area (Å²) in [5.74, 6) is 1.02. The van der Waals surface area contributed by atoms with Crippen molar-refractivity contribution < 1.29 is 9.32 Å². The molecule has 2 rings (SSSR count). The fourth-order valence-corrected chi connectivity index (χ4v) is 1.98. The minimum Gasteiger partial charge on any atom is -0.336 e. The summed E-state index contributed by atoms with van der Waals surface area (Å²) in [6.45, 7) is 4.52. The monoisotopic (exact) mass is 336 g/mol. The summed E-state index contributed by atoms with van der Waals surface area (Å²) in [5.41, 5.74) is 0.816. The van der Waals surface area contributed by atoms with E-state index in [0.29, 0.717) is 29.7 Å². The van der Waals surface area contributed by atoms with E-state index in [9.17, 15) is 4.79 Å². The second kappa shape index (κ2) is 7.97. The van der Waals surface area contributed by atoms with Crippen molar-refractivity contribution in [3.8, 4) is 11.5 Å². The molecule has 7 heteroatoms. The quantitative estimate of drug-likeness (QED) is 0.877. The molecular formula is C16H21ClN4O2.